The van der Waals surface area contributed by atoms with E-state index in [1.54, 1.807) is 0 Å². The third-order valence-corrected chi connectivity index (χ3v) is 2.32. The van der Waals surface area contributed by atoms with Crippen LogP contribution in [0.4, 0.5) is 0 Å². The first-order valence-corrected chi connectivity index (χ1v) is 10.8. The van der Waals surface area contributed by atoms with Crippen LogP contribution in [0.2, 0.25) is 0 Å². The van der Waals surface area contributed by atoms with Gasteiger partial charge in [-0.05, 0) is 0 Å². The Hall–Kier alpha value is 1.00. The average Bonchev–Trinajstić information content (AvgIpc) is 2.48. The Balaban J connectivity index is 0.00000122. The van der Waals surface area contributed by atoms with E-state index in [1.165, 1.54) is 0 Å². The Labute approximate surface area is 143 Å². The fourth-order valence-corrected chi connectivity index (χ4v) is 1.38. The van der Waals surface area contributed by atoms with Crippen molar-refractivity contribution in [1.82, 2.24) is 0 Å². The van der Waals surface area contributed by atoms with Gasteiger partial charge in [0.25, 0.3) is 0 Å². The van der Waals surface area contributed by atoms with Gasteiger partial charge in [-0.15, -0.1) is 26.2 Å². The van der Waals surface area contributed by atoms with Crippen LogP contribution < -0.4 is 0 Å². The summed E-state index contributed by atoms with van der Waals surface area (Å²) >= 11 is -0.106. The van der Waals surface area contributed by atoms with Crippen molar-refractivity contribution in [3.8, 4) is 0 Å². The van der Waals surface area contributed by atoms with E-state index in [4.69, 9.17) is 38.0 Å². The van der Waals surface area contributed by atoms with Crippen molar-refractivity contribution in [2.45, 2.75) is 0 Å². The molecule has 9 heteroatoms. The summed E-state index contributed by atoms with van der Waals surface area (Å²) < 4.78 is 21.5. The van der Waals surface area contributed by atoms with Crippen molar-refractivity contribution in [2.75, 3.05) is 79.0 Å². The minimum absolute atomic E-state index is 0.106. The second-order valence-electron chi connectivity index (χ2n) is 3.84. The van der Waals surface area contributed by atoms with E-state index in [0.29, 0.717) is 52.9 Å². The number of ether oxygens (including phenoxy) is 4. The van der Waals surface area contributed by atoms with E-state index in [-0.39, 0.29) is 15.9 Å². The van der Waals surface area contributed by atoms with Gasteiger partial charge in [-0.1, -0.05) is 0 Å². The maximum atomic E-state index is 5.37. The van der Waals surface area contributed by atoms with Crippen LogP contribution in [0.3, 0.4) is 0 Å². The second kappa shape index (κ2) is 21.0. The van der Waals surface area contributed by atoms with E-state index < -0.39 is 0 Å². The molecule has 1 aliphatic rings. The zero-order chi connectivity index (χ0) is 15.4. The minimum atomic E-state index is -0.106. The maximum absolute atomic E-state index is 5.37. The molecule has 132 valence electrons. The van der Waals surface area contributed by atoms with Gasteiger partial charge in [0.15, 0.2) is 0 Å². The molecule has 21 heavy (non-hydrogen) atoms. The van der Waals surface area contributed by atoms with Crippen molar-refractivity contribution in [1.29, 1.82) is 0 Å². The number of rotatable bonds is 0. The van der Waals surface area contributed by atoms with Crippen molar-refractivity contribution < 1.29 is 34.9 Å². The van der Waals surface area contributed by atoms with E-state index in [0.717, 1.165) is 26.2 Å². The summed E-state index contributed by atoms with van der Waals surface area (Å²) in [6.45, 7) is 7.95. The molecular weight excluding hydrogens is 413 g/mol. The van der Waals surface area contributed by atoms with Crippen LogP contribution in [0.5, 0.6) is 0 Å². The van der Waals surface area contributed by atoms with E-state index >= 15 is 0 Å². The van der Waals surface area contributed by atoms with Gasteiger partial charge >= 0.3 is 35.0 Å². The average molecular weight is 438 g/mol. The number of hydrogen-bond acceptors (Lipinski definition) is 4. The molecule has 1 heterocycles. The normalized spacial score (nSPS) is 21.6. The zero-order valence-corrected chi connectivity index (χ0v) is 15.2. The molecule has 6 nitrogen and oxygen atoms in total. The Morgan fingerprint density at radius 2 is 0.762 bits per heavy atom. The Morgan fingerprint density at radius 3 is 1.00 bits per heavy atom. The number of nitrogens with zero attached hydrogens (tertiary/aromatic N) is 2. The number of halogens is 2. The molecule has 0 spiro atoms. The van der Waals surface area contributed by atoms with Crippen LogP contribution in [-0.4, -0.2) is 79.0 Å². The Bertz CT molecular complexity index is 124. The molecule has 0 bridgehead atoms. The van der Waals surface area contributed by atoms with Gasteiger partial charge < -0.3 is 29.6 Å². The Kier molecular flexibility index (Phi) is 22.0. The van der Waals surface area contributed by atoms with E-state index in [9.17, 15) is 0 Å². The van der Waals surface area contributed by atoms with Crippen LogP contribution >= 0.6 is 19.1 Å². The first-order valence-electron chi connectivity index (χ1n) is 6.81. The predicted molar refractivity (Wildman–Crippen MR) is 81.2 cm³/mol. The van der Waals surface area contributed by atoms with Gasteiger partial charge in [-0.3, -0.25) is 0 Å². The van der Waals surface area contributed by atoms with Crippen LogP contribution in [0.25, 0.3) is 10.6 Å². The van der Waals surface area contributed by atoms with Crippen LogP contribution in [0.15, 0.2) is 0 Å². The monoisotopic (exact) mass is 436 g/mol. The summed E-state index contributed by atoms with van der Waals surface area (Å²) in [5.74, 6) is 0. The molecule has 0 atom stereocenters. The van der Waals surface area contributed by atoms with E-state index in [2.05, 4.69) is 10.6 Å². The third-order valence-electron chi connectivity index (χ3n) is 2.32. The van der Waals surface area contributed by atoms with Crippen molar-refractivity contribution >= 4 is 19.1 Å². The molecule has 1 saturated heterocycles. The summed E-state index contributed by atoms with van der Waals surface area (Å²) in [6, 6.07) is 0. The first-order chi connectivity index (χ1) is 10.4. The van der Waals surface area contributed by atoms with Gasteiger partial charge in [0.2, 0.25) is 0 Å². The molecule has 0 amide bonds. The quantitative estimate of drug-likeness (QED) is 0.545. The molecule has 0 N–H and O–H groups in total. The molecule has 1 aliphatic heterocycles. The van der Waals surface area contributed by atoms with Gasteiger partial charge in [0.1, 0.15) is 0 Å². The van der Waals surface area contributed by atoms with Crippen molar-refractivity contribution in [2.24, 2.45) is 0 Å². The fourth-order valence-electron chi connectivity index (χ4n) is 1.38. The van der Waals surface area contributed by atoms with Crippen LogP contribution in [-0.2, 0) is 34.9 Å². The third kappa shape index (κ3) is 21.0. The number of hydrogen-bond donors (Lipinski definition) is 0. The van der Waals surface area contributed by atoms with Crippen LogP contribution in [0.1, 0.15) is 0 Å². The van der Waals surface area contributed by atoms with Gasteiger partial charge in [0, 0.05) is 26.4 Å². The molecule has 0 saturated carbocycles. The standard InChI is InChI=1S/C12H24N2O4.2ClH.Pd/c1-5-15-9-10-17-7-3-14-4-8-18-12-11-16-6-2-13-1;;;/h1-12H2;2*1H;/q-2;;;+2/p-2. The molecular formula is C12H24Cl2N2O4Pd-2. The molecule has 0 radical (unpaired) electrons. The van der Waals surface area contributed by atoms with Gasteiger partial charge in [-0.25, -0.2) is 0 Å². The summed E-state index contributed by atoms with van der Waals surface area (Å²) in [5.41, 5.74) is 0. The SMILES string of the molecule is C1COCCOCC[N-]CCOCCOCC[N-]1.[Cl][Pd][Cl]. The van der Waals surface area contributed by atoms with Crippen molar-refractivity contribution in [3.63, 3.8) is 0 Å². The van der Waals surface area contributed by atoms with Crippen molar-refractivity contribution in [3.05, 3.63) is 10.6 Å². The summed E-state index contributed by atoms with van der Waals surface area (Å²) in [7, 11) is 9.63. The molecule has 1 fully saturated rings. The Morgan fingerprint density at radius 1 is 0.524 bits per heavy atom. The summed E-state index contributed by atoms with van der Waals surface area (Å²) in [6.07, 6.45) is 0. The first kappa shape index (κ1) is 22.0. The molecule has 0 aliphatic carbocycles. The van der Waals surface area contributed by atoms with Gasteiger partial charge in [-0.2, -0.15) is 0 Å². The summed E-state index contributed by atoms with van der Waals surface area (Å²) in [4.78, 5) is 0. The molecule has 0 unspecified atom stereocenters. The topological polar surface area (TPSA) is 65.1 Å². The zero-order valence-electron chi connectivity index (χ0n) is 12.1. The molecule has 0 aromatic carbocycles. The van der Waals surface area contributed by atoms with E-state index in [1.807, 2.05) is 0 Å². The molecule has 1 rings (SSSR count). The summed E-state index contributed by atoms with van der Waals surface area (Å²) in [5, 5.41) is 8.58. The second-order valence-corrected chi connectivity index (χ2v) is 6.20. The predicted octanol–water partition coefficient (Wildman–Crippen LogP) is 2.19. The van der Waals surface area contributed by atoms with Gasteiger partial charge in [0.05, 0.1) is 26.4 Å². The van der Waals surface area contributed by atoms with Crippen LogP contribution in [0, 0.1) is 0 Å². The molecule has 0 aromatic heterocycles. The molecule has 0 aromatic rings. The fraction of sp³-hybridized carbons (Fsp3) is 1.00.